The Morgan fingerprint density at radius 2 is 1.83 bits per heavy atom. The van der Waals surface area contributed by atoms with Crippen molar-refractivity contribution in [1.29, 1.82) is 0 Å². The minimum atomic E-state index is -3.43. The van der Waals surface area contributed by atoms with E-state index >= 15 is 0 Å². The number of rotatable bonds is 5. The maximum Gasteiger partial charge on any atom is 0.251 e. The zero-order valence-corrected chi connectivity index (χ0v) is 13.6. The summed E-state index contributed by atoms with van der Waals surface area (Å²) in [6, 6.07) is 10.9. The maximum absolute atomic E-state index is 13.5. The van der Waals surface area contributed by atoms with E-state index in [2.05, 4.69) is 10.0 Å². The molecule has 0 spiro atoms. The van der Waals surface area contributed by atoms with Gasteiger partial charge in [0.25, 0.3) is 5.91 Å². The quantitative estimate of drug-likeness (QED) is 0.880. The van der Waals surface area contributed by atoms with Gasteiger partial charge in [-0.15, -0.1) is 0 Å². The lowest BCUT2D eigenvalue weighted by atomic mass is 10.1. The van der Waals surface area contributed by atoms with Gasteiger partial charge in [-0.25, -0.2) is 12.8 Å². The molecule has 0 aliphatic carbocycles. The molecule has 23 heavy (non-hydrogen) atoms. The van der Waals surface area contributed by atoms with Crippen LogP contribution >= 0.6 is 0 Å². The Kier molecular flexibility index (Phi) is 5.00. The van der Waals surface area contributed by atoms with Crippen LogP contribution in [0, 0.1) is 12.7 Å². The molecule has 0 bridgehead atoms. The van der Waals surface area contributed by atoms with E-state index in [0.717, 1.165) is 6.26 Å². The second-order valence-corrected chi connectivity index (χ2v) is 6.87. The van der Waals surface area contributed by atoms with E-state index in [1.54, 1.807) is 43.3 Å². The average molecular weight is 336 g/mol. The molecule has 0 radical (unpaired) electrons. The maximum atomic E-state index is 13.5. The molecular formula is C16H17FN2O3S. The van der Waals surface area contributed by atoms with Crippen LogP contribution in [0.3, 0.4) is 0 Å². The van der Waals surface area contributed by atoms with Crippen molar-refractivity contribution >= 4 is 21.6 Å². The highest BCUT2D eigenvalue weighted by molar-refractivity contribution is 7.92. The number of amides is 1. The number of benzene rings is 2. The second kappa shape index (κ2) is 6.78. The van der Waals surface area contributed by atoms with E-state index in [-0.39, 0.29) is 6.54 Å². The molecule has 7 heteroatoms. The lowest BCUT2D eigenvalue weighted by molar-refractivity contribution is 0.0950. The largest absolute Gasteiger partial charge is 0.348 e. The molecule has 0 heterocycles. The van der Waals surface area contributed by atoms with Gasteiger partial charge in [-0.1, -0.05) is 24.3 Å². The second-order valence-electron chi connectivity index (χ2n) is 5.13. The van der Waals surface area contributed by atoms with Crippen molar-refractivity contribution in [3.8, 4) is 0 Å². The molecule has 0 fully saturated rings. The van der Waals surface area contributed by atoms with Gasteiger partial charge in [0.05, 0.1) is 11.9 Å². The molecule has 0 aliphatic heterocycles. The summed E-state index contributed by atoms with van der Waals surface area (Å²) in [6.45, 7) is 1.69. The van der Waals surface area contributed by atoms with Gasteiger partial charge in [0.1, 0.15) is 5.82 Å². The zero-order valence-electron chi connectivity index (χ0n) is 12.8. The summed E-state index contributed by atoms with van der Waals surface area (Å²) < 4.78 is 38.6. The van der Waals surface area contributed by atoms with Crippen molar-refractivity contribution in [2.24, 2.45) is 0 Å². The first-order chi connectivity index (χ1) is 10.8. The molecule has 122 valence electrons. The molecule has 0 aliphatic rings. The average Bonchev–Trinajstić information content (AvgIpc) is 2.47. The predicted molar refractivity (Wildman–Crippen MR) is 87.2 cm³/mol. The zero-order chi connectivity index (χ0) is 17.0. The summed E-state index contributed by atoms with van der Waals surface area (Å²) in [7, 11) is -3.43. The third kappa shape index (κ3) is 4.53. The van der Waals surface area contributed by atoms with Crippen LogP contribution in [0.25, 0.3) is 0 Å². The molecule has 5 nitrogen and oxygen atoms in total. The van der Waals surface area contributed by atoms with E-state index in [4.69, 9.17) is 0 Å². The summed E-state index contributed by atoms with van der Waals surface area (Å²) in [5.41, 5.74) is 1.55. The van der Waals surface area contributed by atoms with Crippen molar-refractivity contribution in [1.82, 2.24) is 5.32 Å². The number of halogens is 1. The Morgan fingerprint density at radius 1 is 1.13 bits per heavy atom. The lowest BCUT2D eigenvalue weighted by Crippen LogP contribution is -2.24. The van der Waals surface area contributed by atoms with Crippen LogP contribution in [0.5, 0.6) is 0 Å². The Morgan fingerprint density at radius 3 is 2.48 bits per heavy atom. The minimum absolute atomic E-state index is 0.0503. The summed E-state index contributed by atoms with van der Waals surface area (Å²) in [4.78, 5) is 12.3. The Labute approximate surface area is 134 Å². The fourth-order valence-electron chi connectivity index (χ4n) is 2.10. The molecule has 2 N–H and O–H groups in total. The smallest absolute Gasteiger partial charge is 0.251 e. The van der Waals surface area contributed by atoms with Gasteiger partial charge in [0.2, 0.25) is 10.0 Å². The molecule has 0 unspecified atom stereocenters. The lowest BCUT2D eigenvalue weighted by Gasteiger charge is -2.12. The Bertz CT molecular complexity index is 835. The summed E-state index contributed by atoms with van der Waals surface area (Å²) in [5, 5.41) is 2.63. The van der Waals surface area contributed by atoms with Crippen LogP contribution < -0.4 is 10.0 Å². The van der Waals surface area contributed by atoms with Gasteiger partial charge in [-0.2, -0.15) is 0 Å². The van der Waals surface area contributed by atoms with Crippen molar-refractivity contribution in [3.63, 3.8) is 0 Å². The first kappa shape index (κ1) is 17.0. The van der Waals surface area contributed by atoms with E-state index in [9.17, 15) is 17.6 Å². The highest BCUT2D eigenvalue weighted by Crippen LogP contribution is 2.20. The monoisotopic (exact) mass is 336 g/mol. The van der Waals surface area contributed by atoms with Gasteiger partial charge in [-0.3, -0.25) is 9.52 Å². The van der Waals surface area contributed by atoms with E-state index in [1.807, 2.05) is 0 Å². The highest BCUT2D eigenvalue weighted by atomic mass is 32.2. The van der Waals surface area contributed by atoms with Gasteiger partial charge < -0.3 is 5.32 Å². The molecular weight excluding hydrogens is 319 g/mol. The third-order valence-electron chi connectivity index (χ3n) is 3.27. The molecule has 2 aromatic carbocycles. The number of hydrogen-bond donors (Lipinski definition) is 2. The molecule has 2 rings (SSSR count). The van der Waals surface area contributed by atoms with Gasteiger partial charge in [0.15, 0.2) is 0 Å². The van der Waals surface area contributed by atoms with Crippen LogP contribution in [-0.4, -0.2) is 20.6 Å². The number of hydrogen-bond acceptors (Lipinski definition) is 3. The number of carbonyl (C=O) groups is 1. The molecule has 0 atom stereocenters. The van der Waals surface area contributed by atoms with Crippen molar-refractivity contribution in [3.05, 3.63) is 65.0 Å². The SMILES string of the molecule is Cc1c(NS(C)(=O)=O)cccc1C(=O)NCc1ccccc1F. The molecule has 0 saturated carbocycles. The van der Waals surface area contributed by atoms with E-state index < -0.39 is 21.7 Å². The summed E-state index contributed by atoms with van der Waals surface area (Å²) in [5.74, 6) is -0.792. The highest BCUT2D eigenvalue weighted by Gasteiger charge is 2.14. The molecule has 0 saturated heterocycles. The summed E-state index contributed by atoms with van der Waals surface area (Å²) in [6.07, 6.45) is 1.04. The topological polar surface area (TPSA) is 75.3 Å². The van der Waals surface area contributed by atoms with Crippen LogP contribution in [0.1, 0.15) is 21.5 Å². The van der Waals surface area contributed by atoms with Crippen LogP contribution in [0.15, 0.2) is 42.5 Å². The van der Waals surface area contributed by atoms with Gasteiger partial charge in [-0.05, 0) is 30.7 Å². The number of nitrogens with one attached hydrogen (secondary N) is 2. The van der Waals surface area contributed by atoms with Crippen LogP contribution in [0.2, 0.25) is 0 Å². The molecule has 1 amide bonds. The van der Waals surface area contributed by atoms with Crippen molar-refractivity contribution in [2.45, 2.75) is 13.5 Å². The first-order valence-corrected chi connectivity index (χ1v) is 8.76. The van der Waals surface area contributed by atoms with Crippen LogP contribution in [0.4, 0.5) is 10.1 Å². The number of anilines is 1. The number of sulfonamides is 1. The molecule has 2 aromatic rings. The predicted octanol–water partition coefficient (Wildman–Crippen LogP) is 2.44. The van der Waals surface area contributed by atoms with Crippen molar-refractivity contribution in [2.75, 3.05) is 11.0 Å². The normalized spacial score (nSPS) is 11.1. The summed E-state index contributed by atoms with van der Waals surface area (Å²) >= 11 is 0. The van der Waals surface area contributed by atoms with Gasteiger partial charge in [0, 0.05) is 17.7 Å². The standard InChI is InChI=1S/C16H17FN2O3S/c1-11-13(7-5-9-15(11)19-23(2,21)22)16(20)18-10-12-6-3-4-8-14(12)17/h3-9,19H,10H2,1-2H3,(H,18,20). The van der Waals surface area contributed by atoms with Crippen LogP contribution in [-0.2, 0) is 16.6 Å². The number of carbonyl (C=O) groups excluding carboxylic acids is 1. The Balaban J connectivity index is 2.17. The van der Waals surface area contributed by atoms with E-state index in [1.165, 1.54) is 6.07 Å². The Hall–Kier alpha value is -2.41. The molecule has 0 aromatic heterocycles. The minimum Gasteiger partial charge on any atom is -0.348 e. The van der Waals surface area contributed by atoms with Crippen molar-refractivity contribution < 1.29 is 17.6 Å². The first-order valence-electron chi connectivity index (χ1n) is 6.87. The van der Waals surface area contributed by atoms with Gasteiger partial charge >= 0.3 is 0 Å². The third-order valence-corrected chi connectivity index (χ3v) is 3.86. The fourth-order valence-corrected chi connectivity index (χ4v) is 2.73. The van der Waals surface area contributed by atoms with E-state index in [0.29, 0.717) is 22.4 Å². The fraction of sp³-hybridized carbons (Fsp3) is 0.188.